The van der Waals surface area contributed by atoms with Crippen LogP contribution in [0.25, 0.3) is 11.0 Å². The summed E-state index contributed by atoms with van der Waals surface area (Å²) in [4.78, 5) is 4.46. The van der Waals surface area contributed by atoms with Crippen molar-refractivity contribution in [2.75, 3.05) is 0 Å². The Balaban J connectivity index is 2.72. The summed E-state index contributed by atoms with van der Waals surface area (Å²) in [6.07, 6.45) is 4.64. The van der Waals surface area contributed by atoms with Crippen molar-refractivity contribution < 1.29 is 4.42 Å². The van der Waals surface area contributed by atoms with Gasteiger partial charge in [-0.1, -0.05) is 20.8 Å². The molecule has 0 saturated carbocycles. The molecule has 0 radical (unpaired) electrons. The van der Waals surface area contributed by atoms with Gasteiger partial charge in [0.25, 0.3) is 0 Å². The third-order valence-corrected chi connectivity index (χ3v) is 2.55. The summed E-state index contributed by atoms with van der Waals surface area (Å²) < 4.78 is 5.51. The average Bonchev–Trinajstić information content (AvgIpc) is 2.64. The van der Waals surface area contributed by atoms with Crippen molar-refractivity contribution in [3.63, 3.8) is 0 Å². The molecule has 0 atom stereocenters. The molecule has 74 valence electrons. The molecule has 14 heavy (non-hydrogen) atoms. The molecule has 2 aromatic heterocycles. The Morgan fingerprint density at radius 2 is 2.21 bits per heavy atom. The van der Waals surface area contributed by atoms with Crippen LogP contribution < -0.4 is 0 Å². The van der Waals surface area contributed by atoms with E-state index in [-0.39, 0.29) is 0 Å². The van der Waals surface area contributed by atoms with Gasteiger partial charge in [0.1, 0.15) is 5.58 Å². The quantitative estimate of drug-likeness (QED) is 0.722. The van der Waals surface area contributed by atoms with Crippen molar-refractivity contribution in [3.05, 3.63) is 29.8 Å². The highest BCUT2D eigenvalue weighted by Crippen LogP contribution is 2.27. The van der Waals surface area contributed by atoms with Gasteiger partial charge < -0.3 is 4.42 Å². The summed E-state index contributed by atoms with van der Waals surface area (Å²) in [5.74, 6) is 0.460. The zero-order valence-corrected chi connectivity index (χ0v) is 8.87. The highest BCUT2D eigenvalue weighted by molar-refractivity contribution is 5.82. The van der Waals surface area contributed by atoms with Gasteiger partial charge in [0.2, 0.25) is 0 Å². The van der Waals surface area contributed by atoms with Gasteiger partial charge in [-0.25, -0.2) is 0 Å². The third kappa shape index (κ3) is 1.31. The Morgan fingerprint density at radius 1 is 1.43 bits per heavy atom. The lowest BCUT2D eigenvalue weighted by atomic mass is 10.0. The molecular formula is C12H15NO. The molecule has 0 amide bonds. The van der Waals surface area contributed by atoms with E-state index in [1.54, 1.807) is 6.26 Å². The minimum Gasteiger partial charge on any atom is -0.464 e. The topological polar surface area (TPSA) is 26.0 Å². The number of hydrogen-bond acceptors (Lipinski definition) is 2. The van der Waals surface area contributed by atoms with Crippen LogP contribution in [-0.2, 0) is 6.42 Å². The Morgan fingerprint density at radius 3 is 2.86 bits per heavy atom. The monoisotopic (exact) mass is 189 g/mol. The second-order valence-corrected chi connectivity index (χ2v) is 3.83. The smallest absolute Gasteiger partial charge is 0.140 e. The van der Waals surface area contributed by atoms with Crippen LogP contribution >= 0.6 is 0 Å². The fourth-order valence-corrected chi connectivity index (χ4v) is 1.73. The van der Waals surface area contributed by atoms with Crippen LogP contribution in [-0.4, -0.2) is 4.98 Å². The number of nitrogens with zero attached hydrogens (tertiary/aromatic N) is 1. The lowest BCUT2D eigenvalue weighted by Gasteiger charge is -2.07. The van der Waals surface area contributed by atoms with Gasteiger partial charge in [0.05, 0.1) is 12.0 Å². The van der Waals surface area contributed by atoms with Gasteiger partial charge in [-0.3, -0.25) is 4.98 Å². The lowest BCUT2D eigenvalue weighted by Crippen LogP contribution is -1.94. The van der Waals surface area contributed by atoms with Gasteiger partial charge in [-0.2, -0.15) is 0 Å². The minimum absolute atomic E-state index is 0.460. The van der Waals surface area contributed by atoms with Crippen molar-refractivity contribution in [2.24, 2.45) is 0 Å². The second-order valence-electron chi connectivity index (χ2n) is 3.83. The molecule has 0 aromatic carbocycles. The summed E-state index contributed by atoms with van der Waals surface area (Å²) in [7, 11) is 0. The van der Waals surface area contributed by atoms with Crippen LogP contribution in [0.3, 0.4) is 0 Å². The van der Waals surface area contributed by atoms with E-state index in [4.69, 9.17) is 4.42 Å². The highest BCUT2D eigenvalue weighted by atomic mass is 16.3. The number of hydrogen-bond donors (Lipinski definition) is 0. The zero-order valence-electron chi connectivity index (χ0n) is 8.87. The van der Waals surface area contributed by atoms with Crippen LogP contribution in [0.4, 0.5) is 0 Å². The molecule has 0 spiro atoms. The minimum atomic E-state index is 0.460. The van der Waals surface area contributed by atoms with E-state index >= 15 is 0 Å². The van der Waals surface area contributed by atoms with Crippen molar-refractivity contribution in [1.29, 1.82) is 0 Å². The van der Waals surface area contributed by atoms with E-state index in [9.17, 15) is 0 Å². The van der Waals surface area contributed by atoms with Gasteiger partial charge in [0, 0.05) is 17.1 Å². The molecule has 2 rings (SSSR count). The average molecular weight is 189 g/mol. The zero-order chi connectivity index (χ0) is 10.1. The number of fused-ring (bicyclic) bond motifs is 1. The molecule has 2 heteroatoms. The Kier molecular flexibility index (Phi) is 2.28. The Labute approximate surface area is 84.0 Å². The number of furan rings is 1. The van der Waals surface area contributed by atoms with Crippen LogP contribution in [0.15, 0.2) is 22.9 Å². The maximum atomic E-state index is 5.51. The van der Waals surface area contributed by atoms with Gasteiger partial charge in [-0.15, -0.1) is 0 Å². The van der Waals surface area contributed by atoms with Crippen LogP contribution in [0.5, 0.6) is 0 Å². The highest BCUT2D eigenvalue weighted by Gasteiger charge is 2.11. The predicted molar refractivity (Wildman–Crippen MR) is 57.5 cm³/mol. The first-order valence-corrected chi connectivity index (χ1v) is 5.09. The number of aromatic nitrogens is 1. The standard InChI is InChI=1S/C12H15NO/c1-4-11-9-5-6-14-12(9)10(7-13-11)8(2)3/h5-8H,4H2,1-3H3. The molecular weight excluding hydrogens is 174 g/mol. The number of aryl methyl sites for hydroxylation is 1. The fraction of sp³-hybridized carbons (Fsp3) is 0.417. The molecule has 0 aliphatic rings. The van der Waals surface area contributed by atoms with E-state index < -0.39 is 0 Å². The van der Waals surface area contributed by atoms with Crippen LogP contribution in [0.1, 0.15) is 37.9 Å². The van der Waals surface area contributed by atoms with Gasteiger partial charge >= 0.3 is 0 Å². The summed E-state index contributed by atoms with van der Waals surface area (Å²) in [5.41, 5.74) is 3.33. The van der Waals surface area contributed by atoms with E-state index in [1.807, 2.05) is 12.3 Å². The molecule has 0 aliphatic heterocycles. The largest absolute Gasteiger partial charge is 0.464 e. The normalized spacial score (nSPS) is 11.4. The Hall–Kier alpha value is -1.31. The molecule has 0 unspecified atom stereocenters. The summed E-state index contributed by atoms with van der Waals surface area (Å²) >= 11 is 0. The first kappa shape index (κ1) is 9.25. The summed E-state index contributed by atoms with van der Waals surface area (Å²) in [6, 6.07) is 2.01. The van der Waals surface area contributed by atoms with Crippen molar-refractivity contribution in [3.8, 4) is 0 Å². The second kappa shape index (κ2) is 3.45. The maximum absolute atomic E-state index is 5.51. The van der Waals surface area contributed by atoms with Crippen molar-refractivity contribution in [2.45, 2.75) is 33.1 Å². The van der Waals surface area contributed by atoms with Crippen LogP contribution in [0.2, 0.25) is 0 Å². The number of rotatable bonds is 2. The van der Waals surface area contributed by atoms with Crippen molar-refractivity contribution >= 4 is 11.0 Å². The number of pyridine rings is 1. The fourth-order valence-electron chi connectivity index (χ4n) is 1.73. The Bertz CT molecular complexity index is 443. The summed E-state index contributed by atoms with van der Waals surface area (Å²) in [6.45, 7) is 6.43. The third-order valence-electron chi connectivity index (χ3n) is 2.55. The molecule has 0 saturated heterocycles. The molecule has 2 heterocycles. The summed E-state index contributed by atoms with van der Waals surface area (Å²) in [5, 5.41) is 1.17. The van der Waals surface area contributed by atoms with E-state index in [0.29, 0.717) is 5.92 Å². The predicted octanol–water partition coefficient (Wildman–Crippen LogP) is 3.51. The maximum Gasteiger partial charge on any atom is 0.140 e. The SMILES string of the molecule is CCc1ncc(C(C)C)c2occc12. The van der Waals surface area contributed by atoms with E-state index in [1.165, 1.54) is 10.9 Å². The molecule has 0 N–H and O–H groups in total. The molecule has 2 aromatic rings. The van der Waals surface area contributed by atoms with Crippen molar-refractivity contribution in [1.82, 2.24) is 4.98 Å². The molecule has 0 bridgehead atoms. The molecule has 2 nitrogen and oxygen atoms in total. The lowest BCUT2D eigenvalue weighted by molar-refractivity contribution is 0.606. The van der Waals surface area contributed by atoms with E-state index in [0.717, 1.165) is 17.7 Å². The first-order chi connectivity index (χ1) is 6.74. The molecule has 0 fully saturated rings. The van der Waals surface area contributed by atoms with Crippen LogP contribution in [0, 0.1) is 0 Å². The van der Waals surface area contributed by atoms with Gasteiger partial charge in [0.15, 0.2) is 0 Å². The van der Waals surface area contributed by atoms with Gasteiger partial charge in [-0.05, 0) is 18.4 Å². The van der Waals surface area contributed by atoms with E-state index in [2.05, 4.69) is 25.8 Å². The first-order valence-electron chi connectivity index (χ1n) is 5.09. The molecule has 0 aliphatic carbocycles.